The molecule has 0 aliphatic heterocycles. The zero-order valence-electron chi connectivity index (χ0n) is 42.8. The van der Waals surface area contributed by atoms with Crippen LogP contribution in [0.3, 0.4) is 0 Å². The molecular formula is C75H46N2OS. The molecule has 0 spiro atoms. The average Bonchev–Trinajstić information content (AvgIpc) is 3.69. The van der Waals surface area contributed by atoms with Gasteiger partial charge >= 0.3 is 0 Å². The highest BCUT2D eigenvalue weighted by atomic mass is 32.1. The highest BCUT2D eigenvalue weighted by molar-refractivity contribution is 7.26. The van der Waals surface area contributed by atoms with Crippen molar-refractivity contribution in [2.24, 2.45) is 0 Å². The zero-order valence-corrected chi connectivity index (χ0v) is 43.6. The Labute approximate surface area is 460 Å². The normalized spacial score (nSPS) is 12.9. The highest BCUT2D eigenvalue weighted by Crippen LogP contribution is 2.58. The van der Waals surface area contributed by atoms with Gasteiger partial charge in [0.05, 0.1) is 16.4 Å². The summed E-state index contributed by atoms with van der Waals surface area (Å²) in [5.41, 5.74) is 20.2. The number of furan rings is 1. The summed E-state index contributed by atoms with van der Waals surface area (Å²) in [6.45, 7) is 0. The molecule has 0 N–H and O–H groups in total. The van der Waals surface area contributed by atoms with Crippen molar-refractivity contribution in [2.75, 3.05) is 4.90 Å². The van der Waals surface area contributed by atoms with Crippen LogP contribution in [0.4, 0.5) is 17.1 Å². The van der Waals surface area contributed by atoms with Gasteiger partial charge in [-0.15, -0.1) is 11.3 Å². The molecule has 0 unspecified atom stereocenters. The fraction of sp³-hybridized carbons (Fsp3) is 0.0133. The van der Waals surface area contributed by atoms with Crippen molar-refractivity contribution in [2.45, 2.75) is 5.41 Å². The molecule has 3 nitrogen and oxygen atoms in total. The summed E-state index contributed by atoms with van der Waals surface area (Å²) in [5, 5.41) is 9.67. The van der Waals surface area contributed by atoms with Gasteiger partial charge < -0.3 is 13.9 Å². The van der Waals surface area contributed by atoms with Gasteiger partial charge in [-0.3, -0.25) is 0 Å². The number of para-hydroxylation sites is 2. The van der Waals surface area contributed by atoms with Gasteiger partial charge in [0.15, 0.2) is 0 Å². The lowest BCUT2D eigenvalue weighted by Crippen LogP contribution is -2.28. The number of nitrogens with zero attached hydrogens (tertiary/aromatic N) is 2. The van der Waals surface area contributed by atoms with E-state index in [2.05, 4.69) is 289 Å². The minimum absolute atomic E-state index is 0.498. The van der Waals surface area contributed by atoms with E-state index in [1.54, 1.807) is 0 Å². The Kier molecular flexibility index (Phi) is 9.50. The van der Waals surface area contributed by atoms with E-state index in [1.807, 2.05) is 11.3 Å². The van der Waals surface area contributed by atoms with Crippen molar-refractivity contribution in [1.82, 2.24) is 4.57 Å². The quantitative estimate of drug-likeness (QED) is 0.141. The first kappa shape index (κ1) is 44.2. The SMILES string of the molecule is c1ccc(-c2cccc(N(c3ccc(-c4cc5c6sc7ccccc7c6cc6c5c5c4c4oc7ccccc7c4cc5n6-c4ccccc4)cc3)c3ccc4c(c3)-c3ccccc3C4(c3ccccc3)c3ccccc3)c2)cc1. The molecule has 0 fully saturated rings. The zero-order chi connectivity index (χ0) is 51.8. The van der Waals surface area contributed by atoms with E-state index in [4.69, 9.17) is 4.42 Å². The third-order valence-electron chi connectivity index (χ3n) is 17.0. The predicted molar refractivity (Wildman–Crippen MR) is 332 cm³/mol. The number of hydrogen-bond donors (Lipinski definition) is 0. The molecular weight excluding hydrogens is 977 g/mol. The maximum absolute atomic E-state index is 7.07. The monoisotopic (exact) mass is 1020 g/mol. The second-order valence-electron chi connectivity index (χ2n) is 21.1. The van der Waals surface area contributed by atoms with Crippen molar-refractivity contribution in [1.29, 1.82) is 0 Å². The smallest absolute Gasteiger partial charge is 0.144 e. The highest BCUT2D eigenvalue weighted by Gasteiger charge is 2.46. The van der Waals surface area contributed by atoms with Gasteiger partial charge in [0, 0.05) is 75.2 Å². The molecule has 0 amide bonds. The number of benzene rings is 13. The Hall–Kier alpha value is -10.0. The topological polar surface area (TPSA) is 21.3 Å². The lowest BCUT2D eigenvalue weighted by Gasteiger charge is -2.34. The van der Waals surface area contributed by atoms with Gasteiger partial charge in [-0.2, -0.15) is 0 Å². The molecule has 17 rings (SSSR count). The van der Waals surface area contributed by atoms with Crippen LogP contribution in [0.2, 0.25) is 0 Å². The number of thiophene rings is 1. The van der Waals surface area contributed by atoms with Gasteiger partial charge in [0.2, 0.25) is 0 Å². The summed E-state index contributed by atoms with van der Waals surface area (Å²) in [6, 6.07) is 103. The van der Waals surface area contributed by atoms with Crippen LogP contribution in [0, 0.1) is 0 Å². The minimum atomic E-state index is -0.498. The molecule has 0 radical (unpaired) electrons. The van der Waals surface area contributed by atoms with Crippen molar-refractivity contribution in [3.05, 3.63) is 301 Å². The summed E-state index contributed by atoms with van der Waals surface area (Å²) in [5.74, 6) is 0. The van der Waals surface area contributed by atoms with Gasteiger partial charge in [0.25, 0.3) is 0 Å². The van der Waals surface area contributed by atoms with Crippen LogP contribution in [-0.2, 0) is 5.41 Å². The summed E-state index contributed by atoms with van der Waals surface area (Å²) in [6.07, 6.45) is 0. The van der Waals surface area contributed by atoms with Crippen molar-refractivity contribution in [3.8, 4) is 39.1 Å². The Morgan fingerprint density at radius 2 is 0.962 bits per heavy atom. The van der Waals surface area contributed by atoms with E-state index in [0.29, 0.717) is 0 Å². The van der Waals surface area contributed by atoms with E-state index in [9.17, 15) is 0 Å². The van der Waals surface area contributed by atoms with Crippen LogP contribution < -0.4 is 4.90 Å². The van der Waals surface area contributed by atoms with Crippen LogP contribution in [0.15, 0.2) is 283 Å². The molecule has 0 saturated carbocycles. The first-order chi connectivity index (χ1) is 39.2. The molecule has 79 heavy (non-hydrogen) atoms. The molecule has 3 heterocycles. The second-order valence-corrected chi connectivity index (χ2v) is 22.1. The summed E-state index contributed by atoms with van der Waals surface area (Å²) in [7, 11) is 0. The number of fused-ring (bicyclic) bond motifs is 11. The third kappa shape index (κ3) is 6.35. The maximum atomic E-state index is 7.07. The van der Waals surface area contributed by atoms with Crippen LogP contribution in [0.1, 0.15) is 22.3 Å². The number of aromatic nitrogens is 1. The molecule has 368 valence electrons. The van der Waals surface area contributed by atoms with E-state index in [0.717, 1.165) is 66.8 Å². The first-order valence-corrected chi connectivity index (χ1v) is 28.0. The minimum Gasteiger partial charge on any atom is -0.455 e. The van der Waals surface area contributed by atoms with Crippen molar-refractivity contribution in [3.63, 3.8) is 0 Å². The Balaban J connectivity index is 0.914. The van der Waals surface area contributed by atoms with Crippen molar-refractivity contribution < 1.29 is 4.42 Å². The Bertz CT molecular complexity index is 5020. The molecule has 3 aromatic heterocycles. The standard InChI is InChI=1S/C75H46N2OS/c1-5-20-47(21-6-1)49-22-19-29-54(42-49)76(55-40-41-65-60(43-55)56-30-13-16-33-64(56)75(65,50-23-7-2-8-24-50)51-25-9-3-10-26-51)53-38-36-48(37-39-53)59-44-63-70-66(46-62-58-32-15-18-35-69(58)79-74(62)63)77(52-27-11-4-12-28-52)67-45-61-57-31-14-17-34-68(57)78-73(61)71(59)72(67)70/h1-46H. The maximum Gasteiger partial charge on any atom is 0.144 e. The number of rotatable bonds is 8. The van der Waals surface area contributed by atoms with E-state index >= 15 is 0 Å². The van der Waals surface area contributed by atoms with E-state index < -0.39 is 5.41 Å². The van der Waals surface area contributed by atoms with Crippen molar-refractivity contribution >= 4 is 103 Å². The summed E-state index contributed by atoms with van der Waals surface area (Å²) in [4.78, 5) is 2.44. The Morgan fingerprint density at radius 1 is 0.354 bits per heavy atom. The van der Waals surface area contributed by atoms with Crippen LogP contribution in [-0.4, -0.2) is 4.57 Å². The molecule has 1 aliphatic rings. The second kappa shape index (κ2) is 17.0. The lowest BCUT2D eigenvalue weighted by molar-refractivity contribution is 0.673. The average molecular weight is 1020 g/mol. The third-order valence-corrected chi connectivity index (χ3v) is 18.2. The molecule has 1 aliphatic carbocycles. The fourth-order valence-corrected chi connectivity index (χ4v) is 14.9. The van der Waals surface area contributed by atoms with Gasteiger partial charge in [-0.1, -0.05) is 200 Å². The van der Waals surface area contributed by atoms with E-state index in [-0.39, 0.29) is 0 Å². The molecule has 0 saturated heterocycles. The molecule has 0 bridgehead atoms. The van der Waals surface area contributed by atoms with E-state index in [1.165, 1.54) is 86.3 Å². The van der Waals surface area contributed by atoms with Crippen LogP contribution in [0.25, 0.3) is 114 Å². The molecule has 13 aromatic carbocycles. The summed E-state index contributed by atoms with van der Waals surface area (Å²) < 4.78 is 12.1. The Morgan fingerprint density at radius 3 is 1.75 bits per heavy atom. The van der Waals surface area contributed by atoms with Gasteiger partial charge in [-0.25, -0.2) is 0 Å². The lowest BCUT2D eigenvalue weighted by atomic mass is 9.68. The fourth-order valence-electron chi connectivity index (χ4n) is 13.7. The largest absolute Gasteiger partial charge is 0.455 e. The molecule has 16 aromatic rings. The number of hydrogen-bond acceptors (Lipinski definition) is 3. The van der Waals surface area contributed by atoms with Gasteiger partial charge in [0.1, 0.15) is 11.2 Å². The van der Waals surface area contributed by atoms with Crippen LogP contribution in [0.5, 0.6) is 0 Å². The van der Waals surface area contributed by atoms with Gasteiger partial charge in [-0.05, 0) is 134 Å². The predicted octanol–water partition coefficient (Wildman–Crippen LogP) is 20.8. The molecule has 4 heteroatoms. The summed E-state index contributed by atoms with van der Waals surface area (Å²) >= 11 is 1.89. The van der Waals surface area contributed by atoms with Crippen LogP contribution >= 0.6 is 11.3 Å². The molecule has 0 atom stereocenters. The number of anilines is 3. The first-order valence-electron chi connectivity index (χ1n) is 27.1.